The highest BCUT2D eigenvalue weighted by molar-refractivity contribution is 7.92. The van der Waals surface area contributed by atoms with Gasteiger partial charge in [-0.25, -0.2) is 8.42 Å². The van der Waals surface area contributed by atoms with Crippen LogP contribution in [0.4, 0.5) is 0 Å². The Hall–Kier alpha value is -1.10. The molecule has 0 saturated carbocycles. The first-order chi connectivity index (χ1) is 6.41. The summed E-state index contributed by atoms with van der Waals surface area (Å²) in [6.45, 7) is 1.39. The van der Waals surface area contributed by atoms with Gasteiger partial charge in [0.15, 0.2) is 15.6 Å². The summed E-state index contributed by atoms with van der Waals surface area (Å²) in [5.74, 6) is 0.146. The molecule has 0 aliphatic carbocycles. The summed E-state index contributed by atoms with van der Waals surface area (Å²) in [5, 5.41) is -0.965. The number of carbonyl (C=O) groups excluding carboxylic acids is 1. The molecule has 0 saturated heterocycles. The molecule has 0 aliphatic heterocycles. The van der Waals surface area contributed by atoms with Gasteiger partial charge >= 0.3 is 0 Å². The Balaban J connectivity index is 2.69. The van der Waals surface area contributed by atoms with E-state index in [2.05, 4.69) is 0 Å². The lowest BCUT2D eigenvalue weighted by Gasteiger charge is -2.06. The van der Waals surface area contributed by atoms with Crippen molar-refractivity contribution in [2.24, 2.45) is 0 Å². The standard InChI is InChI=1S/C9H12O4S/c1-7(14(2,11)12)9(10)6-8-4-3-5-13-8/h3-5,7H,6H2,1-2H3. The Bertz CT molecular complexity index is 402. The fourth-order valence-electron chi connectivity index (χ4n) is 0.967. The lowest BCUT2D eigenvalue weighted by Crippen LogP contribution is -2.27. The van der Waals surface area contributed by atoms with E-state index < -0.39 is 15.1 Å². The first kappa shape index (κ1) is 11.0. The molecule has 5 heteroatoms. The summed E-state index contributed by atoms with van der Waals surface area (Å²) in [5.41, 5.74) is 0. The molecule has 0 fully saturated rings. The highest BCUT2D eigenvalue weighted by Gasteiger charge is 2.23. The molecule has 78 valence electrons. The minimum Gasteiger partial charge on any atom is -0.469 e. The summed E-state index contributed by atoms with van der Waals surface area (Å²) >= 11 is 0. The highest BCUT2D eigenvalue weighted by atomic mass is 32.2. The van der Waals surface area contributed by atoms with Gasteiger partial charge in [-0.15, -0.1) is 0 Å². The molecule has 4 nitrogen and oxygen atoms in total. The van der Waals surface area contributed by atoms with Gasteiger partial charge in [-0.2, -0.15) is 0 Å². The van der Waals surface area contributed by atoms with Crippen LogP contribution in [0.25, 0.3) is 0 Å². The maximum Gasteiger partial charge on any atom is 0.158 e. The molecule has 0 amide bonds. The first-order valence-electron chi connectivity index (χ1n) is 4.15. The van der Waals surface area contributed by atoms with Crippen molar-refractivity contribution in [1.29, 1.82) is 0 Å². The van der Waals surface area contributed by atoms with Crippen molar-refractivity contribution < 1.29 is 17.6 Å². The zero-order valence-corrected chi connectivity index (χ0v) is 8.87. The SMILES string of the molecule is CC(C(=O)Cc1ccco1)S(C)(=O)=O. The molecule has 0 N–H and O–H groups in total. The quantitative estimate of drug-likeness (QED) is 0.747. The van der Waals surface area contributed by atoms with Gasteiger partial charge in [-0.1, -0.05) is 0 Å². The minimum atomic E-state index is -3.30. The van der Waals surface area contributed by atoms with Crippen LogP contribution in [0.5, 0.6) is 0 Å². The molecule has 1 aromatic heterocycles. The molecule has 0 bridgehead atoms. The van der Waals surface area contributed by atoms with Crippen LogP contribution in [0, 0.1) is 0 Å². The van der Waals surface area contributed by atoms with Crippen molar-refractivity contribution >= 4 is 15.6 Å². The lowest BCUT2D eigenvalue weighted by molar-refractivity contribution is -0.118. The average molecular weight is 216 g/mol. The lowest BCUT2D eigenvalue weighted by atomic mass is 10.2. The van der Waals surface area contributed by atoms with Gasteiger partial charge in [0.1, 0.15) is 11.0 Å². The number of Topliss-reactive ketones (excluding diaryl/α,β-unsaturated/α-hetero) is 1. The predicted octanol–water partition coefficient (Wildman–Crippen LogP) is 0.824. The summed E-state index contributed by atoms with van der Waals surface area (Å²) in [6, 6.07) is 3.31. The second kappa shape index (κ2) is 3.96. The molecule has 1 unspecified atom stereocenters. The Morgan fingerprint density at radius 3 is 2.64 bits per heavy atom. The van der Waals surface area contributed by atoms with Gasteiger partial charge in [-0.3, -0.25) is 4.79 Å². The third-order valence-corrected chi connectivity index (χ3v) is 3.57. The largest absolute Gasteiger partial charge is 0.469 e. The number of sulfone groups is 1. The zero-order valence-electron chi connectivity index (χ0n) is 8.06. The maximum absolute atomic E-state index is 11.4. The summed E-state index contributed by atoms with van der Waals surface area (Å²) in [4.78, 5) is 11.4. The average Bonchev–Trinajstić information content (AvgIpc) is 2.53. The third kappa shape index (κ3) is 2.70. The number of hydrogen-bond acceptors (Lipinski definition) is 4. The highest BCUT2D eigenvalue weighted by Crippen LogP contribution is 2.07. The Kier molecular flexibility index (Phi) is 3.10. The van der Waals surface area contributed by atoms with Crippen LogP contribution in [0.2, 0.25) is 0 Å². The summed E-state index contributed by atoms with van der Waals surface area (Å²) in [7, 11) is -3.30. The second-order valence-electron chi connectivity index (χ2n) is 3.19. The smallest absolute Gasteiger partial charge is 0.158 e. The molecule has 0 spiro atoms. The molecular weight excluding hydrogens is 204 g/mol. The molecule has 1 heterocycles. The van der Waals surface area contributed by atoms with E-state index in [0.29, 0.717) is 5.76 Å². The van der Waals surface area contributed by atoms with E-state index in [9.17, 15) is 13.2 Å². The van der Waals surface area contributed by atoms with Gasteiger partial charge < -0.3 is 4.42 Å². The van der Waals surface area contributed by atoms with Gasteiger partial charge in [0, 0.05) is 6.26 Å². The fraction of sp³-hybridized carbons (Fsp3) is 0.444. The Labute approximate surface area is 82.8 Å². The van der Waals surface area contributed by atoms with Crippen LogP contribution >= 0.6 is 0 Å². The van der Waals surface area contributed by atoms with Crippen LogP contribution < -0.4 is 0 Å². The van der Waals surface area contributed by atoms with Gasteiger partial charge in [0.2, 0.25) is 0 Å². The van der Waals surface area contributed by atoms with E-state index in [0.717, 1.165) is 6.26 Å². The van der Waals surface area contributed by atoms with E-state index in [1.807, 2.05) is 0 Å². The van der Waals surface area contributed by atoms with Crippen LogP contribution in [0.1, 0.15) is 12.7 Å². The molecular formula is C9H12O4S. The number of rotatable bonds is 4. The number of ketones is 1. The summed E-state index contributed by atoms with van der Waals surface area (Å²) < 4.78 is 27.1. The Morgan fingerprint density at radius 2 is 2.21 bits per heavy atom. The van der Waals surface area contributed by atoms with Crippen molar-refractivity contribution in [3.63, 3.8) is 0 Å². The first-order valence-corrected chi connectivity index (χ1v) is 6.10. The summed E-state index contributed by atoms with van der Waals surface area (Å²) in [6.07, 6.45) is 2.53. The van der Waals surface area contributed by atoms with Crippen LogP contribution in [-0.4, -0.2) is 25.7 Å². The van der Waals surface area contributed by atoms with Crippen molar-refractivity contribution in [3.8, 4) is 0 Å². The van der Waals surface area contributed by atoms with E-state index in [1.54, 1.807) is 12.1 Å². The third-order valence-electron chi connectivity index (χ3n) is 2.02. The van der Waals surface area contributed by atoms with Gasteiger partial charge in [0.25, 0.3) is 0 Å². The minimum absolute atomic E-state index is 0.0290. The molecule has 0 aliphatic rings. The zero-order chi connectivity index (χ0) is 10.8. The van der Waals surface area contributed by atoms with Crippen LogP contribution in [-0.2, 0) is 21.1 Å². The fourth-order valence-corrected chi connectivity index (χ4v) is 1.53. The monoisotopic (exact) mass is 216 g/mol. The van der Waals surface area contributed by atoms with Crippen molar-refractivity contribution in [2.45, 2.75) is 18.6 Å². The van der Waals surface area contributed by atoms with Crippen molar-refractivity contribution in [3.05, 3.63) is 24.2 Å². The molecule has 0 radical (unpaired) electrons. The number of furan rings is 1. The van der Waals surface area contributed by atoms with E-state index in [-0.39, 0.29) is 12.2 Å². The molecule has 1 rings (SSSR count). The van der Waals surface area contributed by atoms with Crippen LogP contribution in [0.15, 0.2) is 22.8 Å². The number of carbonyl (C=O) groups is 1. The van der Waals surface area contributed by atoms with Crippen LogP contribution in [0.3, 0.4) is 0 Å². The van der Waals surface area contributed by atoms with E-state index in [1.165, 1.54) is 13.2 Å². The second-order valence-corrected chi connectivity index (χ2v) is 5.56. The topological polar surface area (TPSA) is 64.3 Å². The van der Waals surface area contributed by atoms with Crippen molar-refractivity contribution in [1.82, 2.24) is 0 Å². The van der Waals surface area contributed by atoms with Gasteiger partial charge in [0.05, 0.1) is 12.7 Å². The normalized spacial score (nSPS) is 13.9. The van der Waals surface area contributed by atoms with E-state index >= 15 is 0 Å². The molecule has 0 aromatic carbocycles. The maximum atomic E-state index is 11.4. The predicted molar refractivity (Wildman–Crippen MR) is 51.7 cm³/mol. The van der Waals surface area contributed by atoms with E-state index in [4.69, 9.17) is 4.42 Å². The van der Waals surface area contributed by atoms with Gasteiger partial charge in [-0.05, 0) is 19.1 Å². The molecule has 1 aromatic rings. The molecule has 14 heavy (non-hydrogen) atoms. The Morgan fingerprint density at radius 1 is 1.57 bits per heavy atom. The van der Waals surface area contributed by atoms with Crippen molar-refractivity contribution in [2.75, 3.05) is 6.26 Å². The molecule has 1 atom stereocenters. The number of hydrogen-bond donors (Lipinski definition) is 0.